The van der Waals surface area contributed by atoms with Crippen LogP contribution in [0.2, 0.25) is 0 Å². The first kappa shape index (κ1) is 5.54. The Hall–Kier alpha value is -0.455. The Morgan fingerprint density at radius 2 is 1.50 bits per heavy atom. The highest BCUT2D eigenvalue weighted by Gasteiger charge is 1.72. The standard InChI is InChI=1S/C5H6.BH3/c1-2-4-5-3-1;/h1-4H,5H2;1H3. The lowest BCUT2D eigenvalue weighted by Crippen LogP contribution is -1.37. The van der Waals surface area contributed by atoms with Gasteiger partial charge < -0.3 is 0 Å². The molecule has 0 aromatic rings. The Balaban J connectivity index is 0.000000250. The Bertz CT molecular complexity index is 62.0. The third-order valence-electron chi connectivity index (χ3n) is 0.655. The second kappa shape index (κ2) is 2.76. The molecule has 0 aliphatic heterocycles. The van der Waals surface area contributed by atoms with Gasteiger partial charge >= 0.3 is 0 Å². The van der Waals surface area contributed by atoms with Crippen molar-refractivity contribution in [1.82, 2.24) is 0 Å². The zero-order valence-corrected chi connectivity index (χ0v) is 3.02. The molecule has 0 radical (unpaired) electrons. The number of rotatable bonds is 0. The van der Waals surface area contributed by atoms with Crippen molar-refractivity contribution in [3.63, 3.8) is 0 Å². The second-order valence-electron chi connectivity index (χ2n) is 1.09. The molecule has 0 N–H and O–H groups in total. The van der Waals surface area contributed by atoms with Crippen molar-refractivity contribution in [2.45, 2.75) is 6.42 Å². The van der Waals surface area contributed by atoms with Crippen LogP contribution < -0.4 is 0 Å². The van der Waals surface area contributed by atoms with Crippen molar-refractivity contribution in [2.75, 3.05) is 0 Å². The van der Waals surface area contributed by atoms with E-state index >= 15 is 0 Å². The maximum atomic E-state index is 2.12. The molecule has 1 rings (SSSR count). The molecular weight excluding hydrogens is 70.9 g/mol. The van der Waals surface area contributed by atoms with E-state index in [1.54, 1.807) is 0 Å². The maximum Gasteiger partial charge on any atom is 0.0814 e. The molecule has 1 heteroatoms. The monoisotopic (exact) mass is 80.1 g/mol. The van der Waals surface area contributed by atoms with Gasteiger partial charge in [-0.25, -0.2) is 0 Å². The molecule has 0 aromatic heterocycles. The van der Waals surface area contributed by atoms with Crippen LogP contribution in [0.4, 0.5) is 0 Å². The molecule has 0 nitrogen and oxygen atoms in total. The Morgan fingerprint density at radius 1 is 1.00 bits per heavy atom. The predicted octanol–water partition coefficient (Wildman–Crippen LogP) is 0.319. The van der Waals surface area contributed by atoms with Gasteiger partial charge in [0.15, 0.2) is 0 Å². The van der Waals surface area contributed by atoms with Crippen LogP contribution in [0.25, 0.3) is 0 Å². The summed E-state index contributed by atoms with van der Waals surface area (Å²) in [7, 11) is 0. The Morgan fingerprint density at radius 3 is 1.67 bits per heavy atom. The van der Waals surface area contributed by atoms with Gasteiger partial charge in [0, 0.05) is 0 Å². The SMILES string of the molecule is B.C1=CCC=C1. The van der Waals surface area contributed by atoms with Crippen LogP contribution in [0.5, 0.6) is 0 Å². The quantitative estimate of drug-likeness (QED) is 0.367. The minimum Gasteiger partial charge on any atom is -0.0808 e. The summed E-state index contributed by atoms with van der Waals surface area (Å²) in [5, 5.41) is 0. The van der Waals surface area contributed by atoms with Gasteiger partial charge in [-0.1, -0.05) is 24.3 Å². The molecule has 1 aliphatic rings. The first-order chi connectivity index (χ1) is 2.50. The highest BCUT2D eigenvalue weighted by atomic mass is 13.8. The largest absolute Gasteiger partial charge is 0.0814 e. The fraction of sp³-hybridized carbons (Fsp3) is 0.200. The molecule has 1 aliphatic carbocycles. The Kier molecular flexibility index (Phi) is 2.56. The number of hydrogen-bond acceptors (Lipinski definition) is 0. The van der Waals surface area contributed by atoms with Gasteiger partial charge in [-0.05, 0) is 6.42 Å². The summed E-state index contributed by atoms with van der Waals surface area (Å²) >= 11 is 0. The highest BCUT2D eigenvalue weighted by molar-refractivity contribution is 5.75. The normalized spacial score (nSPS) is 14.7. The van der Waals surface area contributed by atoms with Gasteiger partial charge in [-0.2, -0.15) is 0 Å². The van der Waals surface area contributed by atoms with E-state index in [0.717, 1.165) is 6.42 Å². The lowest BCUT2D eigenvalue weighted by Gasteiger charge is -1.57. The van der Waals surface area contributed by atoms with Crippen LogP contribution in [0.15, 0.2) is 24.3 Å². The molecule has 0 saturated heterocycles. The molecule has 0 amide bonds. The molecule has 0 bridgehead atoms. The minimum atomic E-state index is 0. The Labute approximate surface area is 40.1 Å². The van der Waals surface area contributed by atoms with E-state index in [1.165, 1.54) is 0 Å². The molecule has 0 fully saturated rings. The van der Waals surface area contributed by atoms with Gasteiger partial charge in [0.2, 0.25) is 0 Å². The van der Waals surface area contributed by atoms with E-state index in [9.17, 15) is 0 Å². The number of allylic oxidation sites excluding steroid dienone is 4. The first-order valence-electron chi connectivity index (χ1n) is 1.82. The summed E-state index contributed by atoms with van der Waals surface area (Å²) in [6.07, 6.45) is 9.50. The molecule has 0 saturated carbocycles. The average Bonchev–Trinajstić information content (AvgIpc) is 1.76. The summed E-state index contributed by atoms with van der Waals surface area (Å²) in [4.78, 5) is 0. The van der Waals surface area contributed by atoms with Crippen LogP contribution in [0, 0.1) is 0 Å². The van der Waals surface area contributed by atoms with E-state index in [2.05, 4.69) is 24.3 Å². The smallest absolute Gasteiger partial charge is 0.0808 e. The average molecular weight is 79.9 g/mol. The molecule has 0 spiro atoms. The molecule has 0 aromatic carbocycles. The summed E-state index contributed by atoms with van der Waals surface area (Å²) in [6, 6.07) is 0. The van der Waals surface area contributed by atoms with Crippen molar-refractivity contribution in [3.8, 4) is 0 Å². The third kappa shape index (κ3) is 1.11. The lowest BCUT2D eigenvalue weighted by atomic mass is 10.5. The van der Waals surface area contributed by atoms with Gasteiger partial charge in [0.05, 0.1) is 8.41 Å². The molecular formula is C5H9B. The van der Waals surface area contributed by atoms with Crippen LogP contribution in [-0.4, -0.2) is 8.41 Å². The van der Waals surface area contributed by atoms with Crippen LogP contribution in [0.1, 0.15) is 6.42 Å². The van der Waals surface area contributed by atoms with Crippen LogP contribution >= 0.6 is 0 Å². The van der Waals surface area contributed by atoms with Crippen LogP contribution in [-0.2, 0) is 0 Å². The lowest BCUT2D eigenvalue weighted by molar-refractivity contribution is 1.45. The third-order valence-corrected chi connectivity index (χ3v) is 0.655. The van der Waals surface area contributed by atoms with Crippen molar-refractivity contribution in [3.05, 3.63) is 24.3 Å². The highest BCUT2D eigenvalue weighted by Crippen LogP contribution is 1.93. The summed E-state index contributed by atoms with van der Waals surface area (Å²) < 4.78 is 0. The maximum absolute atomic E-state index is 2.12. The van der Waals surface area contributed by atoms with Gasteiger partial charge in [0.25, 0.3) is 0 Å². The molecule has 0 unspecified atom stereocenters. The van der Waals surface area contributed by atoms with Gasteiger partial charge in [-0.15, -0.1) is 0 Å². The molecule has 6 heavy (non-hydrogen) atoms. The van der Waals surface area contributed by atoms with Gasteiger partial charge in [-0.3, -0.25) is 0 Å². The van der Waals surface area contributed by atoms with Crippen molar-refractivity contribution in [1.29, 1.82) is 0 Å². The topological polar surface area (TPSA) is 0 Å². The fourth-order valence-corrected chi connectivity index (χ4v) is 0.393. The first-order valence-corrected chi connectivity index (χ1v) is 1.82. The molecule has 0 atom stereocenters. The van der Waals surface area contributed by atoms with Crippen molar-refractivity contribution >= 4 is 8.41 Å². The molecule has 32 valence electrons. The van der Waals surface area contributed by atoms with Crippen LogP contribution in [0.3, 0.4) is 0 Å². The fourth-order valence-electron chi connectivity index (χ4n) is 0.393. The zero-order chi connectivity index (χ0) is 3.54. The van der Waals surface area contributed by atoms with E-state index in [1.807, 2.05) is 0 Å². The van der Waals surface area contributed by atoms with Crippen molar-refractivity contribution in [2.24, 2.45) is 0 Å². The zero-order valence-electron chi connectivity index (χ0n) is 3.02. The minimum absolute atomic E-state index is 0. The predicted molar refractivity (Wildman–Crippen MR) is 32.8 cm³/mol. The number of hydrogen-bond donors (Lipinski definition) is 0. The van der Waals surface area contributed by atoms with Crippen molar-refractivity contribution < 1.29 is 0 Å². The summed E-state index contributed by atoms with van der Waals surface area (Å²) in [5.74, 6) is 0. The summed E-state index contributed by atoms with van der Waals surface area (Å²) in [6.45, 7) is 0. The molecule has 0 heterocycles. The van der Waals surface area contributed by atoms with Gasteiger partial charge in [0.1, 0.15) is 0 Å². The van der Waals surface area contributed by atoms with E-state index in [4.69, 9.17) is 0 Å². The second-order valence-corrected chi connectivity index (χ2v) is 1.09. The summed E-state index contributed by atoms with van der Waals surface area (Å²) in [5.41, 5.74) is 0. The van der Waals surface area contributed by atoms with E-state index in [0.29, 0.717) is 0 Å². The van der Waals surface area contributed by atoms with E-state index in [-0.39, 0.29) is 8.41 Å². The van der Waals surface area contributed by atoms with E-state index < -0.39 is 0 Å².